The number of hydrogen-bond donors (Lipinski definition) is 0. The predicted octanol–water partition coefficient (Wildman–Crippen LogP) is 4.97. The van der Waals surface area contributed by atoms with Crippen molar-refractivity contribution >= 4 is 0 Å². The normalized spacial score (nSPS) is 14.3. The maximum Gasteiger partial charge on any atom is -0.0102 e. The summed E-state index contributed by atoms with van der Waals surface area (Å²) in [7, 11) is 0. The van der Waals surface area contributed by atoms with Crippen molar-refractivity contribution in [3.8, 4) is 0 Å². The Balaban J connectivity index is 4.74. The second-order valence-electron chi connectivity index (χ2n) is 5.89. The van der Waals surface area contributed by atoms with Gasteiger partial charge in [0.2, 0.25) is 0 Å². The van der Waals surface area contributed by atoms with Crippen LogP contribution in [0.3, 0.4) is 0 Å². The second-order valence-corrected chi connectivity index (χ2v) is 5.89. The Labute approximate surface area is 90.1 Å². The van der Waals surface area contributed by atoms with Crippen molar-refractivity contribution in [2.24, 2.45) is 10.8 Å². The van der Waals surface area contributed by atoms with E-state index in [4.69, 9.17) is 0 Å². The Kier molecular flexibility index (Phi) is 4.64. The highest BCUT2D eigenvalue weighted by atomic mass is 14.3. The lowest BCUT2D eigenvalue weighted by molar-refractivity contribution is 0.253. The molecule has 0 radical (unpaired) electrons. The number of allylic oxidation sites excluding steroid dienone is 3. The first-order valence-corrected chi connectivity index (χ1v) is 5.56. The highest BCUT2D eigenvalue weighted by Crippen LogP contribution is 2.39. The summed E-state index contributed by atoms with van der Waals surface area (Å²) >= 11 is 0. The summed E-state index contributed by atoms with van der Waals surface area (Å²) in [6.07, 6.45) is 6.58. The summed E-state index contributed by atoms with van der Waals surface area (Å²) in [6.45, 7) is 17.6. The Morgan fingerprint density at radius 3 is 1.93 bits per heavy atom. The predicted molar refractivity (Wildman–Crippen MR) is 66.4 cm³/mol. The molecule has 0 heteroatoms. The van der Waals surface area contributed by atoms with E-state index in [0.717, 1.165) is 6.42 Å². The molecule has 0 aromatic carbocycles. The Morgan fingerprint density at radius 1 is 1.14 bits per heavy atom. The molecule has 0 amide bonds. The maximum atomic E-state index is 3.91. The highest BCUT2D eigenvalue weighted by molar-refractivity contribution is 5.23. The fourth-order valence-electron chi connectivity index (χ4n) is 2.28. The molecule has 0 aliphatic heterocycles. The van der Waals surface area contributed by atoms with E-state index in [1.807, 2.05) is 6.08 Å². The van der Waals surface area contributed by atoms with E-state index < -0.39 is 0 Å². The van der Waals surface area contributed by atoms with Crippen LogP contribution in [-0.4, -0.2) is 0 Å². The molecule has 0 aromatic rings. The molecule has 0 aliphatic carbocycles. The van der Waals surface area contributed by atoms with Crippen LogP contribution < -0.4 is 0 Å². The quantitative estimate of drug-likeness (QED) is 0.554. The standard InChI is InChI=1S/C14H26/c1-8-10-12(9-2)14(6,7)11-13(3,4)5/h9-10H,2,8,11H2,1,3-7H3. The molecule has 0 bridgehead atoms. The molecule has 0 atom stereocenters. The van der Waals surface area contributed by atoms with Gasteiger partial charge in [0.05, 0.1) is 0 Å². The van der Waals surface area contributed by atoms with E-state index >= 15 is 0 Å². The molecular weight excluding hydrogens is 168 g/mol. The molecule has 0 spiro atoms. The molecule has 0 saturated heterocycles. The molecule has 0 N–H and O–H groups in total. The van der Waals surface area contributed by atoms with Crippen molar-refractivity contribution in [1.29, 1.82) is 0 Å². The van der Waals surface area contributed by atoms with Gasteiger partial charge in [-0.1, -0.05) is 60.3 Å². The van der Waals surface area contributed by atoms with E-state index in [1.54, 1.807) is 0 Å². The van der Waals surface area contributed by atoms with Crippen molar-refractivity contribution in [2.45, 2.75) is 54.4 Å². The topological polar surface area (TPSA) is 0 Å². The molecule has 82 valence electrons. The lowest BCUT2D eigenvalue weighted by Gasteiger charge is -2.33. The van der Waals surface area contributed by atoms with Gasteiger partial charge in [-0.2, -0.15) is 0 Å². The average molecular weight is 194 g/mol. The van der Waals surface area contributed by atoms with E-state index in [1.165, 1.54) is 12.0 Å². The smallest absolute Gasteiger partial charge is 0.0102 e. The molecule has 14 heavy (non-hydrogen) atoms. The van der Waals surface area contributed by atoms with E-state index in [2.05, 4.69) is 54.2 Å². The van der Waals surface area contributed by atoms with Gasteiger partial charge >= 0.3 is 0 Å². The number of rotatable bonds is 4. The van der Waals surface area contributed by atoms with Gasteiger partial charge in [0.15, 0.2) is 0 Å². The van der Waals surface area contributed by atoms with Gasteiger partial charge < -0.3 is 0 Å². The third-order valence-electron chi connectivity index (χ3n) is 2.40. The third-order valence-corrected chi connectivity index (χ3v) is 2.40. The van der Waals surface area contributed by atoms with E-state index in [0.29, 0.717) is 5.41 Å². The Hall–Kier alpha value is -0.520. The van der Waals surface area contributed by atoms with Crippen LogP contribution in [0.5, 0.6) is 0 Å². The van der Waals surface area contributed by atoms with Crippen molar-refractivity contribution < 1.29 is 0 Å². The van der Waals surface area contributed by atoms with Gasteiger partial charge in [0, 0.05) is 0 Å². The van der Waals surface area contributed by atoms with Crippen LogP contribution >= 0.6 is 0 Å². The van der Waals surface area contributed by atoms with Gasteiger partial charge in [-0.3, -0.25) is 0 Å². The van der Waals surface area contributed by atoms with Crippen LogP contribution in [0.1, 0.15) is 54.4 Å². The Morgan fingerprint density at radius 2 is 1.64 bits per heavy atom. The van der Waals surface area contributed by atoms with Gasteiger partial charge in [-0.05, 0) is 29.2 Å². The van der Waals surface area contributed by atoms with Gasteiger partial charge in [-0.25, -0.2) is 0 Å². The molecule has 0 rings (SSSR count). The van der Waals surface area contributed by atoms with Crippen molar-refractivity contribution in [3.63, 3.8) is 0 Å². The highest BCUT2D eigenvalue weighted by Gasteiger charge is 2.27. The van der Waals surface area contributed by atoms with Gasteiger partial charge in [0.1, 0.15) is 0 Å². The van der Waals surface area contributed by atoms with Crippen LogP contribution in [0.4, 0.5) is 0 Å². The molecule has 0 saturated carbocycles. The van der Waals surface area contributed by atoms with Crippen molar-refractivity contribution in [2.75, 3.05) is 0 Å². The van der Waals surface area contributed by atoms with Crippen molar-refractivity contribution in [1.82, 2.24) is 0 Å². The summed E-state index contributed by atoms with van der Waals surface area (Å²) in [5.41, 5.74) is 2.00. The molecule has 0 fully saturated rings. The summed E-state index contributed by atoms with van der Waals surface area (Å²) in [5.74, 6) is 0. The summed E-state index contributed by atoms with van der Waals surface area (Å²) in [6, 6.07) is 0. The lowest BCUT2D eigenvalue weighted by atomic mass is 9.71. The van der Waals surface area contributed by atoms with Crippen LogP contribution in [-0.2, 0) is 0 Å². The first-order valence-electron chi connectivity index (χ1n) is 5.56. The molecule has 0 aliphatic rings. The minimum absolute atomic E-state index is 0.246. The van der Waals surface area contributed by atoms with Crippen LogP contribution in [0.15, 0.2) is 24.3 Å². The minimum Gasteiger partial charge on any atom is -0.0988 e. The van der Waals surface area contributed by atoms with Crippen LogP contribution in [0, 0.1) is 10.8 Å². The zero-order valence-corrected chi connectivity index (χ0v) is 10.8. The SMILES string of the molecule is C=CC(=CCC)C(C)(C)CC(C)(C)C. The van der Waals surface area contributed by atoms with Crippen molar-refractivity contribution in [3.05, 3.63) is 24.3 Å². The summed E-state index contributed by atoms with van der Waals surface area (Å²) < 4.78 is 0. The maximum absolute atomic E-state index is 3.91. The molecular formula is C14H26. The van der Waals surface area contributed by atoms with Crippen LogP contribution in [0.25, 0.3) is 0 Å². The largest absolute Gasteiger partial charge is 0.0988 e. The number of hydrogen-bond acceptors (Lipinski definition) is 0. The fourth-order valence-corrected chi connectivity index (χ4v) is 2.28. The van der Waals surface area contributed by atoms with Gasteiger partial charge in [0.25, 0.3) is 0 Å². The fraction of sp³-hybridized carbons (Fsp3) is 0.714. The molecule has 0 heterocycles. The first kappa shape index (κ1) is 13.5. The Bertz CT molecular complexity index is 211. The minimum atomic E-state index is 0.246. The molecule has 0 aromatic heterocycles. The monoisotopic (exact) mass is 194 g/mol. The lowest BCUT2D eigenvalue weighted by Crippen LogP contribution is -2.22. The zero-order chi connectivity index (χ0) is 11.4. The summed E-state index contributed by atoms with van der Waals surface area (Å²) in [5, 5.41) is 0. The second kappa shape index (κ2) is 4.82. The first-order chi connectivity index (χ1) is 6.23. The summed E-state index contributed by atoms with van der Waals surface area (Å²) in [4.78, 5) is 0. The molecule has 0 nitrogen and oxygen atoms in total. The van der Waals surface area contributed by atoms with Gasteiger partial charge in [-0.15, -0.1) is 0 Å². The average Bonchev–Trinajstić information content (AvgIpc) is 1.94. The zero-order valence-electron chi connectivity index (χ0n) is 10.8. The van der Waals surface area contributed by atoms with E-state index in [-0.39, 0.29) is 5.41 Å². The molecule has 0 unspecified atom stereocenters. The van der Waals surface area contributed by atoms with Crippen LogP contribution in [0.2, 0.25) is 0 Å². The van der Waals surface area contributed by atoms with E-state index in [9.17, 15) is 0 Å². The third kappa shape index (κ3) is 4.64.